The molecule has 0 saturated carbocycles. The molecule has 1 atom stereocenters. The average molecular weight is 225 g/mol. The number of hydrogen-bond acceptors (Lipinski definition) is 4. The fourth-order valence-electron chi connectivity index (χ4n) is 1.42. The zero-order valence-corrected chi connectivity index (χ0v) is 9.21. The summed E-state index contributed by atoms with van der Waals surface area (Å²) in [4.78, 5) is 13.1. The second-order valence-corrected chi connectivity index (χ2v) is 3.77. The topological polar surface area (TPSA) is 81.0 Å². The van der Waals surface area contributed by atoms with Gasteiger partial charge < -0.3 is 20.2 Å². The van der Waals surface area contributed by atoms with Crippen LogP contribution in [0.2, 0.25) is 0 Å². The van der Waals surface area contributed by atoms with Crippen molar-refractivity contribution < 1.29 is 20.1 Å². The van der Waals surface area contributed by atoms with E-state index in [1.807, 2.05) is 0 Å². The number of rotatable bonds is 3. The summed E-state index contributed by atoms with van der Waals surface area (Å²) in [5.74, 6) is -0.713. The maximum atomic E-state index is 11.8. The number of phenols is 2. The normalized spacial score (nSPS) is 12.2. The molecule has 0 radical (unpaired) electrons. The minimum absolute atomic E-state index is 0.172. The monoisotopic (exact) mass is 225 g/mol. The van der Waals surface area contributed by atoms with Crippen LogP contribution in [-0.2, 0) is 0 Å². The van der Waals surface area contributed by atoms with Gasteiger partial charge in [0, 0.05) is 25.2 Å². The fourth-order valence-corrected chi connectivity index (χ4v) is 1.42. The van der Waals surface area contributed by atoms with E-state index in [0.29, 0.717) is 0 Å². The number of likely N-dealkylation sites (N-methyl/N-ethyl adjacent to an activating group) is 1. The van der Waals surface area contributed by atoms with Crippen LogP contribution in [0.1, 0.15) is 17.3 Å². The predicted molar refractivity (Wildman–Crippen MR) is 58.4 cm³/mol. The Morgan fingerprint density at radius 1 is 1.31 bits per heavy atom. The highest BCUT2D eigenvalue weighted by atomic mass is 16.3. The van der Waals surface area contributed by atoms with Crippen LogP contribution in [0.3, 0.4) is 0 Å². The summed E-state index contributed by atoms with van der Waals surface area (Å²) in [5.41, 5.74) is 0.181. The lowest BCUT2D eigenvalue weighted by Gasteiger charge is -2.18. The molecule has 5 nitrogen and oxygen atoms in total. The van der Waals surface area contributed by atoms with E-state index in [2.05, 4.69) is 0 Å². The van der Waals surface area contributed by atoms with E-state index in [4.69, 9.17) is 5.11 Å². The van der Waals surface area contributed by atoms with Crippen LogP contribution in [-0.4, -0.2) is 45.8 Å². The smallest absolute Gasteiger partial charge is 0.253 e. The second kappa shape index (κ2) is 4.85. The van der Waals surface area contributed by atoms with Crippen molar-refractivity contribution in [2.24, 2.45) is 0 Å². The molecule has 0 bridgehead atoms. The Morgan fingerprint density at radius 2 is 1.81 bits per heavy atom. The first-order chi connectivity index (χ1) is 7.40. The third-order valence-corrected chi connectivity index (χ3v) is 2.03. The van der Waals surface area contributed by atoms with Crippen molar-refractivity contribution >= 4 is 5.91 Å². The molecular weight excluding hydrogens is 210 g/mol. The van der Waals surface area contributed by atoms with Crippen molar-refractivity contribution in [1.29, 1.82) is 0 Å². The molecule has 16 heavy (non-hydrogen) atoms. The van der Waals surface area contributed by atoms with Gasteiger partial charge in [0.25, 0.3) is 5.91 Å². The summed E-state index contributed by atoms with van der Waals surface area (Å²) in [7, 11) is 1.54. The Bertz CT molecular complexity index is 369. The van der Waals surface area contributed by atoms with E-state index in [1.165, 1.54) is 24.1 Å². The highest BCUT2D eigenvalue weighted by molar-refractivity contribution is 5.94. The summed E-state index contributed by atoms with van der Waals surface area (Å²) in [6.45, 7) is 1.76. The third kappa shape index (κ3) is 3.13. The maximum Gasteiger partial charge on any atom is 0.253 e. The second-order valence-electron chi connectivity index (χ2n) is 3.77. The quantitative estimate of drug-likeness (QED) is 0.701. The Balaban J connectivity index is 2.87. The molecule has 5 heteroatoms. The zero-order chi connectivity index (χ0) is 12.3. The van der Waals surface area contributed by atoms with Gasteiger partial charge in [-0.15, -0.1) is 0 Å². The van der Waals surface area contributed by atoms with E-state index in [0.717, 1.165) is 6.07 Å². The Kier molecular flexibility index (Phi) is 3.73. The lowest BCUT2D eigenvalue weighted by molar-refractivity contribution is 0.0703. The standard InChI is InChI=1S/C11H15NO4/c1-7(13)6-12(2)11(16)8-3-9(14)5-10(15)4-8/h3-5,7,13-15H,6H2,1-2H3. The molecule has 1 unspecified atom stereocenters. The van der Waals surface area contributed by atoms with Crippen LogP contribution < -0.4 is 0 Å². The molecule has 1 aromatic rings. The average Bonchev–Trinajstić information content (AvgIpc) is 2.13. The molecule has 0 heterocycles. The molecule has 1 aromatic carbocycles. The van der Waals surface area contributed by atoms with E-state index < -0.39 is 6.10 Å². The van der Waals surface area contributed by atoms with E-state index in [9.17, 15) is 15.0 Å². The highest BCUT2D eigenvalue weighted by Gasteiger charge is 2.14. The number of aromatic hydroxyl groups is 2. The van der Waals surface area contributed by atoms with Gasteiger partial charge in [0.1, 0.15) is 11.5 Å². The summed E-state index contributed by atoms with van der Waals surface area (Å²) in [5, 5.41) is 27.6. The van der Waals surface area contributed by atoms with Crippen LogP contribution in [0.5, 0.6) is 11.5 Å². The van der Waals surface area contributed by atoms with Gasteiger partial charge in [0.05, 0.1) is 6.10 Å². The van der Waals surface area contributed by atoms with Gasteiger partial charge in [0.15, 0.2) is 0 Å². The molecule has 0 spiro atoms. The van der Waals surface area contributed by atoms with Crippen molar-refractivity contribution in [1.82, 2.24) is 4.90 Å². The largest absolute Gasteiger partial charge is 0.508 e. The Morgan fingerprint density at radius 3 is 2.25 bits per heavy atom. The number of aliphatic hydroxyl groups excluding tert-OH is 1. The molecule has 3 N–H and O–H groups in total. The molecule has 1 rings (SSSR count). The van der Waals surface area contributed by atoms with Gasteiger partial charge in [-0.2, -0.15) is 0 Å². The zero-order valence-electron chi connectivity index (χ0n) is 9.21. The SMILES string of the molecule is CC(O)CN(C)C(=O)c1cc(O)cc(O)c1. The molecule has 0 aliphatic rings. The van der Waals surface area contributed by atoms with Gasteiger partial charge in [-0.05, 0) is 19.1 Å². The number of phenolic OH excluding ortho intramolecular Hbond substituents is 2. The van der Waals surface area contributed by atoms with Gasteiger partial charge in [-0.1, -0.05) is 0 Å². The van der Waals surface area contributed by atoms with Gasteiger partial charge in [0.2, 0.25) is 0 Å². The van der Waals surface area contributed by atoms with Crippen LogP contribution in [0.15, 0.2) is 18.2 Å². The minimum atomic E-state index is -0.625. The summed E-state index contributed by atoms with van der Waals surface area (Å²) < 4.78 is 0. The lowest BCUT2D eigenvalue weighted by Crippen LogP contribution is -2.32. The van der Waals surface area contributed by atoms with Crippen LogP contribution in [0.25, 0.3) is 0 Å². The summed E-state index contributed by atoms with van der Waals surface area (Å²) in [6.07, 6.45) is -0.625. The Hall–Kier alpha value is -1.75. The van der Waals surface area contributed by atoms with Gasteiger partial charge in [-0.25, -0.2) is 0 Å². The van der Waals surface area contributed by atoms with E-state index in [-0.39, 0.29) is 29.5 Å². The van der Waals surface area contributed by atoms with Crippen LogP contribution in [0.4, 0.5) is 0 Å². The molecule has 0 aromatic heterocycles. The van der Waals surface area contributed by atoms with Crippen molar-refractivity contribution in [3.05, 3.63) is 23.8 Å². The number of aliphatic hydroxyl groups is 1. The van der Waals surface area contributed by atoms with Crippen molar-refractivity contribution in [2.75, 3.05) is 13.6 Å². The van der Waals surface area contributed by atoms with Crippen molar-refractivity contribution in [3.8, 4) is 11.5 Å². The van der Waals surface area contributed by atoms with Gasteiger partial charge >= 0.3 is 0 Å². The number of benzene rings is 1. The van der Waals surface area contributed by atoms with Crippen molar-refractivity contribution in [2.45, 2.75) is 13.0 Å². The number of nitrogens with zero attached hydrogens (tertiary/aromatic N) is 1. The number of hydrogen-bond donors (Lipinski definition) is 3. The molecule has 0 aliphatic heterocycles. The summed E-state index contributed by atoms with van der Waals surface area (Å²) >= 11 is 0. The minimum Gasteiger partial charge on any atom is -0.508 e. The fraction of sp³-hybridized carbons (Fsp3) is 0.364. The first-order valence-electron chi connectivity index (χ1n) is 4.86. The van der Waals surface area contributed by atoms with Crippen LogP contribution >= 0.6 is 0 Å². The van der Waals surface area contributed by atoms with Crippen molar-refractivity contribution in [3.63, 3.8) is 0 Å². The van der Waals surface area contributed by atoms with E-state index in [1.54, 1.807) is 6.92 Å². The highest BCUT2D eigenvalue weighted by Crippen LogP contribution is 2.21. The number of carbonyl (C=O) groups excluding carboxylic acids is 1. The maximum absolute atomic E-state index is 11.8. The molecule has 0 aliphatic carbocycles. The van der Waals surface area contributed by atoms with Gasteiger partial charge in [-0.3, -0.25) is 4.79 Å². The molecular formula is C11H15NO4. The molecule has 1 amide bonds. The first-order valence-corrected chi connectivity index (χ1v) is 4.86. The van der Waals surface area contributed by atoms with Crippen LogP contribution in [0, 0.1) is 0 Å². The Labute approximate surface area is 93.6 Å². The molecule has 88 valence electrons. The number of carbonyl (C=O) groups is 1. The third-order valence-electron chi connectivity index (χ3n) is 2.03. The number of amides is 1. The summed E-state index contributed by atoms with van der Waals surface area (Å²) in [6, 6.07) is 3.67. The molecule has 0 saturated heterocycles. The van der Waals surface area contributed by atoms with E-state index >= 15 is 0 Å². The first kappa shape index (κ1) is 12.3. The predicted octanol–water partition coefficient (Wildman–Crippen LogP) is 0.551. The molecule has 0 fully saturated rings. The lowest BCUT2D eigenvalue weighted by atomic mass is 10.1.